The Morgan fingerprint density at radius 2 is 1.67 bits per heavy atom. The molecule has 7 nitrogen and oxygen atoms in total. The van der Waals surface area contributed by atoms with E-state index in [0.717, 1.165) is 5.56 Å². The molecule has 0 spiro atoms. The molecule has 27 heavy (non-hydrogen) atoms. The van der Waals surface area contributed by atoms with Gasteiger partial charge in [-0.25, -0.2) is 9.59 Å². The highest BCUT2D eigenvalue weighted by molar-refractivity contribution is 5.89. The van der Waals surface area contributed by atoms with Gasteiger partial charge < -0.3 is 25.4 Å². The Kier molecular flexibility index (Phi) is 11.8. The largest absolute Gasteiger partial charge is 0.478 e. The van der Waals surface area contributed by atoms with Crippen molar-refractivity contribution < 1.29 is 29.6 Å². The molecule has 1 aliphatic carbocycles. The molecule has 0 saturated heterocycles. The third-order valence-electron chi connectivity index (χ3n) is 4.04. The van der Waals surface area contributed by atoms with Crippen LogP contribution >= 0.6 is 0 Å². The van der Waals surface area contributed by atoms with Crippen molar-refractivity contribution in [1.82, 2.24) is 5.32 Å². The van der Waals surface area contributed by atoms with Gasteiger partial charge in [0.05, 0.1) is 19.3 Å². The molecule has 0 amide bonds. The molecule has 1 fully saturated rings. The van der Waals surface area contributed by atoms with Gasteiger partial charge in [0.2, 0.25) is 0 Å². The van der Waals surface area contributed by atoms with Crippen molar-refractivity contribution in [1.29, 1.82) is 0 Å². The van der Waals surface area contributed by atoms with Crippen LogP contribution in [-0.4, -0.2) is 52.6 Å². The lowest BCUT2D eigenvalue weighted by Crippen LogP contribution is -2.38. The number of rotatable bonds is 9. The number of aliphatic hydroxyl groups excluding tert-OH is 1. The monoisotopic (exact) mass is 379 g/mol. The summed E-state index contributed by atoms with van der Waals surface area (Å²) < 4.78 is 5.53. The Balaban J connectivity index is 0.000000387. The molecule has 0 aliphatic heterocycles. The number of benzene rings is 1. The van der Waals surface area contributed by atoms with Crippen molar-refractivity contribution in [3.63, 3.8) is 0 Å². The molecule has 1 aromatic carbocycles. The Labute approximate surface area is 159 Å². The van der Waals surface area contributed by atoms with Gasteiger partial charge in [-0.3, -0.25) is 0 Å². The van der Waals surface area contributed by atoms with Crippen molar-refractivity contribution in [3.05, 3.63) is 48.0 Å². The van der Waals surface area contributed by atoms with Gasteiger partial charge in [0.25, 0.3) is 0 Å². The number of hydrogen-bond donors (Lipinski definition) is 4. The number of carbonyl (C=O) groups is 2. The van der Waals surface area contributed by atoms with Crippen LogP contribution in [0.5, 0.6) is 0 Å². The van der Waals surface area contributed by atoms with Gasteiger partial charge >= 0.3 is 11.9 Å². The Hall–Kier alpha value is -2.22. The molecule has 1 saturated carbocycles. The normalized spacial score (nSPS) is 15.7. The minimum atomic E-state index is -1.26. The summed E-state index contributed by atoms with van der Waals surface area (Å²) in [5.74, 6) is -2.51. The number of nitrogens with one attached hydrogen (secondary N) is 1. The molecule has 150 valence electrons. The molecule has 1 atom stereocenters. The van der Waals surface area contributed by atoms with Crippen LogP contribution in [0.3, 0.4) is 0 Å². The molecule has 1 aliphatic rings. The van der Waals surface area contributed by atoms with Crippen molar-refractivity contribution in [2.24, 2.45) is 0 Å². The summed E-state index contributed by atoms with van der Waals surface area (Å²) in [6, 6.07) is 10.7. The average Bonchev–Trinajstić information content (AvgIpc) is 2.67. The summed E-state index contributed by atoms with van der Waals surface area (Å²) in [5, 5.41) is 28.9. The first kappa shape index (κ1) is 22.8. The number of carboxylic acid groups (broad SMARTS) is 2. The second-order valence-electron chi connectivity index (χ2n) is 6.41. The summed E-state index contributed by atoms with van der Waals surface area (Å²) in [4.78, 5) is 19.1. The SMILES string of the molecule is O=C(O)/C=C\C(=O)O.OC(CNC1CCCCC1)COCc1ccccc1. The van der Waals surface area contributed by atoms with E-state index in [2.05, 4.69) is 5.32 Å². The highest BCUT2D eigenvalue weighted by atomic mass is 16.5. The van der Waals surface area contributed by atoms with Gasteiger partial charge in [-0.15, -0.1) is 0 Å². The maximum atomic E-state index is 9.87. The number of hydrogen-bond acceptors (Lipinski definition) is 5. The maximum absolute atomic E-state index is 9.87. The van der Waals surface area contributed by atoms with Gasteiger partial charge in [-0.2, -0.15) is 0 Å². The van der Waals surface area contributed by atoms with E-state index >= 15 is 0 Å². The third kappa shape index (κ3) is 12.7. The number of aliphatic hydroxyl groups is 1. The molecule has 0 heterocycles. The fourth-order valence-corrected chi connectivity index (χ4v) is 2.70. The van der Waals surface area contributed by atoms with Crippen LogP contribution in [0.2, 0.25) is 0 Å². The molecule has 0 bridgehead atoms. The number of aliphatic carboxylic acids is 2. The second kappa shape index (κ2) is 13.9. The minimum Gasteiger partial charge on any atom is -0.478 e. The molecule has 7 heteroatoms. The summed E-state index contributed by atoms with van der Waals surface area (Å²) in [6.45, 7) is 1.61. The standard InChI is InChI=1S/C16H25NO2.C4H4O4/c18-16(11-17-15-9-5-2-6-10-15)13-19-12-14-7-3-1-4-8-14;5-3(6)1-2-4(7)8/h1,3-4,7-8,15-18H,2,5-6,9-13H2;1-2H,(H,5,6)(H,7,8)/b;2-1-. The third-order valence-corrected chi connectivity index (χ3v) is 4.04. The van der Waals surface area contributed by atoms with Gasteiger partial charge in [0.1, 0.15) is 0 Å². The van der Waals surface area contributed by atoms with Crippen LogP contribution < -0.4 is 5.32 Å². The summed E-state index contributed by atoms with van der Waals surface area (Å²) in [5.41, 5.74) is 1.15. The van der Waals surface area contributed by atoms with Crippen LogP contribution in [0.1, 0.15) is 37.7 Å². The molecule has 0 aromatic heterocycles. The fraction of sp³-hybridized carbons (Fsp3) is 0.500. The van der Waals surface area contributed by atoms with Crippen LogP contribution in [0.15, 0.2) is 42.5 Å². The highest BCUT2D eigenvalue weighted by Crippen LogP contribution is 2.17. The minimum absolute atomic E-state index is 0.397. The zero-order valence-corrected chi connectivity index (χ0v) is 15.4. The Morgan fingerprint density at radius 3 is 2.22 bits per heavy atom. The first-order valence-corrected chi connectivity index (χ1v) is 9.14. The quantitative estimate of drug-likeness (QED) is 0.486. The maximum Gasteiger partial charge on any atom is 0.328 e. The van der Waals surface area contributed by atoms with E-state index in [1.807, 2.05) is 30.3 Å². The van der Waals surface area contributed by atoms with E-state index in [1.54, 1.807) is 0 Å². The molecule has 4 N–H and O–H groups in total. The molecular weight excluding hydrogens is 350 g/mol. The lowest BCUT2D eigenvalue weighted by Gasteiger charge is -2.24. The predicted molar refractivity (Wildman–Crippen MR) is 101 cm³/mol. The van der Waals surface area contributed by atoms with Crippen molar-refractivity contribution in [2.45, 2.75) is 50.9 Å². The van der Waals surface area contributed by atoms with E-state index in [1.165, 1.54) is 32.1 Å². The fourth-order valence-electron chi connectivity index (χ4n) is 2.70. The number of ether oxygens (including phenoxy) is 1. The Bertz CT molecular complexity index is 553. The zero-order valence-electron chi connectivity index (χ0n) is 15.4. The second-order valence-corrected chi connectivity index (χ2v) is 6.41. The first-order valence-electron chi connectivity index (χ1n) is 9.14. The molecule has 2 rings (SSSR count). The predicted octanol–water partition coefficient (Wildman–Crippen LogP) is 2.20. The lowest BCUT2D eigenvalue weighted by atomic mass is 9.95. The Morgan fingerprint density at radius 1 is 1.07 bits per heavy atom. The van der Waals surface area contributed by atoms with Crippen LogP contribution in [0, 0.1) is 0 Å². The summed E-state index contributed by atoms with van der Waals surface area (Å²) in [7, 11) is 0. The lowest BCUT2D eigenvalue weighted by molar-refractivity contribution is -0.134. The average molecular weight is 379 g/mol. The van der Waals surface area contributed by atoms with Crippen molar-refractivity contribution in [2.75, 3.05) is 13.2 Å². The van der Waals surface area contributed by atoms with E-state index < -0.39 is 18.0 Å². The van der Waals surface area contributed by atoms with Crippen LogP contribution in [0.4, 0.5) is 0 Å². The van der Waals surface area contributed by atoms with E-state index in [4.69, 9.17) is 14.9 Å². The highest BCUT2D eigenvalue weighted by Gasteiger charge is 2.14. The van der Waals surface area contributed by atoms with E-state index in [0.29, 0.717) is 38.0 Å². The molecule has 0 radical (unpaired) electrons. The van der Waals surface area contributed by atoms with Crippen LogP contribution in [0.25, 0.3) is 0 Å². The smallest absolute Gasteiger partial charge is 0.328 e. The van der Waals surface area contributed by atoms with Gasteiger partial charge in [0.15, 0.2) is 0 Å². The zero-order chi connectivity index (χ0) is 19.9. The summed E-state index contributed by atoms with van der Waals surface area (Å²) >= 11 is 0. The summed E-state index contributed by atoms with van der Waals surface area (Å²) in [6.07, 6.45) is 7.20. The topological polar surface area (TPSA) is 116 Å². The van der Waals surface area contributed by atoms with E-state index in [-0.39, 0.29) is 0 Å². The van der Waals surface area contributed by atoms with Gasteiger partial charge in [0, 0.05) is 24.7 Å². The van der Waals surface area contributed by atoms with Crippen molar-refractivity contribution in [3.8, 4) is 0 Å². The van der Waals surface area contributed by atoms with Crippen molar-refractivity contribution >= 4 is 11.9 Å². The number of carboxylic acids is 2. The van der Waals surface area contributed by atoms with Gasteiger partial charge in [-0.05, 0) is 18.4 Å². The molecule has 1 aromatic rings. The van der Waals surface area contributed by atoms with E-state index in [9.17, 15) is 14.7 Å². The van der Waals surface area contributed by atoms with Gasteiger partial charge in [-0.1, -0.05) is 49.6 Å². The van der Waals surface area contributed by atoms with Crippen LogP contribution in [-0.2, 0) is 20.9 Å². The molecule has 1 unspecified atom stereocenters. The molecular formula is C20H29NO6. The first-order chi connectivity index (χ1) is 13.0.